The van der Waals surface area contributed by atoms with Crippen molar-refractivity contribution in [1.82, 2.24) is 10.2 Å². The van der Waals surface area contributed by atoms with Crippen molar-refractivity contribution >= 4 is 12.0 Å². The Balaban J connectivity index is 2.43. The molecule has 2 amide bonds. The van der Waals surface area contributed by atoms with Crippen LogP contribution < -0.4 is 5.32 Å². The van der Waals surface area contributed by atoms with Gasteiger partial charge < -0.3 is 20.1 Å². The fourth-order valence-electron chi connectivity index (χ4n) is 2.77. The van der Waals surface area contributed by atoms with Crippen LogP contribution in [-0.2, 0) is 9.53 Å². The van der Waals surface area contributed by atoms with Gasteiger partial charge in [-0.3, -0.25) is 4.79 Å². The summed E-state index contributed by atoms with van der Waals surface area (Å²) >= 11 is 0. The van der Waals surface area contributed by atoms with Crippen LogP contribution in [0.1, 0.15) is 32.6 Å². The van der Waals surface area contributed by atoms with Crippen LogP contribution in [0.5, 0.6) is 0 Å². The number of carbonyl (C=O) groups is 2. The zero-order chi connectivity index (χ0) is 15.2. The number of hydrogen-bond donors (Lipinski definition) is 2. The Morgan fingerprint density at radius 2 is 2.00 bits per heavy atom. The number of hydrogen-bond acceptors (Lipinski definition) is 3. The van der Waals surface area contributed by atoms with Crippen LogP contribution in [0.3, 0.4) is 0 Å². The van der Waals surface area contributed by atoms with Crippen LogP contribution in [0.15, 0.2) is 0 Å². The molecular formula is C14H26N2O4. The number of methoxy groups -OCH3 is 1. The maximum atomic E-state index is 12.0. The van der Waals surface area contributed by atoms with Gasteiger partial charge in [-0.1, -0.05) is 19.8 Å². The zero-order valence-corrected chi connectivity index (χ0v) is 12.6. The summed E-state index contributed by atoms with van der Waals surface area (Å²) in [6, 6.07) is -0.222. The van der Waals surface area contributed by atoms with E-state index in [0.717, 1.165) is 12.8 Å². The second-order valence-electron chi connectivity index (χ2n) is 5.92. The maximum Gasteiger partial charge on any atom is 0.317 e. The highest BCUT2D eigenvalue weighted by molar-refractivity contribution is 5.75. The van der Waals surface area contributed by atoms with Crippen molar-refractivity contribution in [2.75, 3.05) is 33.9 Å². The van der Waals surface area contributed by atoms with E-state index in [-0.39, 0.29) is 18.0 Å². The van der Waals surface area contributed by atoms with Gasteiger partial charge in [-0.2, -0.15) is 0 Å². The fourth-order valence-corrected chi connectivity index (χ4v) is 2.77. The third kappa shape index (κ3) is 4.67. The van der Waals surface area contributed by atoms with E-state index in [1.165, 1.54) is 17.7 Å². The first-order valence-electron chi connectivity index (χ1n) is 7.11. The number of carboxylic acid groups (broad SMARTS) is 1. The van der Waals surface area contributed by atoms with E-state index in [0.29, 0.717) is 13.2 Å². The highest BCUT2D eigenvalue weighted by Gasteiger charge is 2.34. The first-order valence-corrected chi connectivity index (χ1v) is 7.11. The average molecular weight is 286 g/mol. The highest BCUT2D eigenvalue weighted by Crippen LogP contribution is 2.37. The molecule has 0 spiro atoms. The topological polar surface area (TPSA) is 78.9 Å². The predicted molar refractivity (Wildman–Crippen MR) is 75.6 cm³/mol. The maximum absolute atomic E-state index is 12.0. The summed E-state index contributed by atoms with van der Waals surface area (Å²) in [5.41, 5.74) is 0.0453. The number of urea groups is 1. The Hall–Kier alpha value is -1.30. The normalized spacial score (nSPS) is 18.6. The third-order valence-electron chi connectivity index (χ3n) is 4.05. The van der Waals surface area contributed by atoms with Crippen molar-refractivity contribution in [3.05, 3.63) is 0 Å². The van der Waals surface area contributed by atoms with E-state index >= 15 is 0 Å². The molecule has 1 aliphatic rings. The number of nitrogens with one attached hydrogen (secondary N) is 1. The van der Waals surface area contributed by atoms with Crippen molar-refractivity contribution in [1.29, 1.82) is 0 Å². The molecule has 6 heteroatoms. The van der Waals surface area contributed by atoms with Crippen molar-refractivity contribution in [3.63, 3.8) is 0 Å². The van der Waals surface area contributed by atoms with E-state index < -0.39 is 11.9 Å². The Labute approximate surface area is 120 Å². The third-order valence-corrected chi connectivity index (χ3v) is 4.05. The minimum atomic E-state index is -0.892. The first kappa shape index (κ1) is 16.8. The van der Waals surface area contributed by atoms with Gasteiger partial charge in [0.25, 0.3) is 0 Å². The Morgan fingerprint density at radius 3 is 2.50 bits per heavy atom. The van der Waals surface area contributed by atoms with Crippen molar-refractivity contribution < 1.29 is 19.4 Å². The van der Waals surface area contributed by atoms with Gasteiger partial charge >= 0.3 is 12.0 Å². The number of rotatable bonds is 7. The van der Waals surface area contributed by atoms with Gasteiger partial charge in [0.05, 0.1) is 12.5 Å². The molecule has 20 heavy (non-hydrogen) atoms. The molecule has 0 saturated heterocycles. The summed E-state index contributed by atoms with van der Waals surface area (Å²) in [7, 11) is 3.30. The molecule has 0 aromatic carbocycles. The van der Waals surface area contributed by atoms with Crippen LogP contribution in [-0.4, -0.2) is 55.9 Å². The van der Waals surface area contributed by atoms with Crippen LogP contribution in [0, 0.1) is 11.3 Å². The number of ether oxygens (including phenoxy) is 1. The van der Waals surface area contributed by atoms with Gasteiger partial charge in [-0.25, -0.2) is 4.79 Å². The number of aliphatic carboxylic acids is 1. The predicted octanol–water partition coefficient (Wildman–Crippen LogP) is 1.56. The quantitative estimate of drug-likeness (QED) is 0.744. The summed E-state index contributed by atoms with van der Waals surface area (Å²) in [4.78, 5) is 24.2. The molecule has 1 saturated carbocycles. The monoisotopic (exact) mass is 286 g/mol. The Morgan fingerprint density at radius 1 is 1.40 bits per heavy atom. The molecule has 0 aromatic heterocycles. The van der Waals surface area contributed by atoms with Gasteiger partial charge in [-0.05, 0) is 12.8 Å². The lowest BCUT2D eigenvalue weighted by atomic mass is 9.87. The summed E-state index contributed by atoms with van der Waals surface area (Å²) < 4.78 is 5.28. The molecule has 6 nitrogen and oxygen atoms in total. The minimum absolute atomic E-state index is 0.0453. The van der Waals surface area contributed by atoms with Gasteiger partial charge in [0.2, 0.25) is 0 Å². The van der Waals surface area contributed by atoms with E-state index in [1.807, 2.05) is 0 Å². The second kappa shape index (κ2) is 7.47. The fraction of sp³-hybridized carbons (Fsp3) is 0.857. The highest BCUT2D eigenvalue weighted by atomic mass is 16.5. The summed E-state index contributed by atoms with van der Waals surface area (Å²) in [6.45, 7) is 3.04. The lowest BCUT2D eigenvalue weighted by Crippen LogP contribution is -2.45. The lowest BCUT2D eigenvalue weighted by Gasteiger charge is -2.29. The van der Waals surface area contributed by atoms with E-state index in [4.69, 9.17) is 9.84 Å². The molecule has 0 radical (unpaired) electrons. The standard InChI is InChI=1S/C14H26N2O4/c1-11(12(17)18)8-16(2)13(19)15-9-14(10-20-3)6-4-5-7-14/h11H,4-10H2,1-3H3,(H,15,19)(H,17,18). The van der Waals surface area contributed by atoms with Crippen LogP contribution in [0.25, 0.3) is 0 Å². The van der Waals surface area contributed by atoms with Crippen LogP contribution in [0.4, 0.5) is 4.79 Å². The summed E-state index contributed by atoms with van der Waals surface area (Å²) in [5.74, 6) is -1.46. The van der Waals surface area contributed by atoms with Gasteiger partial charge in [0.15, 0.2) is 0 Å². The van der Waals surface area contributed by atoms with Crippen LogP contribution >= 0.6 is 0 Å². The molecule has 0 aliphatic heterocycles. The Bertz CT molecular complexity index is 340. The summed E-state index contributed by atoms with van der Waals surface area (Å²) in [5, 5.41) is 11.8. The molecule has 1 unspecified atom stereocenters. The average Bonchev–Trinajstić information content (AvgIpc) is 2.85. The number of carbonyl (C=O) groups excluding carboxylic acids is 1. The van der Waals surface area contributed by atoms with Gasteiger partial charge in [0, 0.05) is 32.7 Å². The second-order valence-corrected chi connectivity index (χ2v) is 5.92. The number of amides is 2. The van der Waals surface area contributed by atoms with Gasteiger partial charge in [0.1, 0.15) is 0 Å². The zero-order valence-electron chi connectivity index (χ0n) is 12.6. The van der Waals surface area contributed by atoms with E-state index in [9.17, 15) is 9.59 Å². The molecule has 0 aromatic rings. The van der Waals surface area contributed by atoms with E-state index in [2.05, 4.69) is 5.32 Å². The molecule has 1 atom stereocenters. The van der Waals surface area contributed by atoms with Gasteiger partial charge in [-0.15, -0.1) is 0 Å². The lowest BCUT2D eigenvalue weighted by molar-refractivity contribution is -0.141. The molecular weight excluding hydrogens is 260 g/mol. The largest absolute Gasteiger partial charge is 0.481 e. The molecule has 116 valence electrons. The molecule has 1 rings (SSSR count). The smallest absolute Gasteiger partial charge is 0.317 e. The van der Waals surface area contributed by atoms with E-state index in [1.54, 1.807) is 21.1 Å². The molecule has 2 N–H and O–H groups in total. The van der Waals surface area contributed by atoms with Crippen molar-refractivity contribution in [3.8, 4) is 0 Å². The van der Waals surface area contributed by atoms with Crippen LogP contribution in [0.2, 0.25) is 0 Å². The summed E-state index contributed by atoms with van der Waals surface area (Å²) in [6.07, 6.45) is 4.48. The Kier molecular flexibility index (Phi) is 6.26. The molecule has 1 fully saturated rings. The number of nitrogens with zero attached hydrogens (tertiary/aromatic N) is 1. The van der Waals surface area contributed by atoms with Crippen molar-refractivity contribution in [2.24, 2.45) is 11.3 Å². The van der Waals surface area contributed by atoms with Crippen molar-refractivity contribution in [2.45, 2.75) is 32.6 Å². The molecule has 0 heterocycles. The SMILES string of the molecule is COCC1(CNC(=O)N(C)CC(C)C(=O)O)CCCC1. The molecule has 1 aliphatic carbocycles. The number of carboxylic acids is 1. The molecule has 0 bridgehead atoms. The first-order chi connectivity index (χ1) is 9.40. The minimum Gasteiger partial charge on any atom is -0.481 e.